The Morgan fingerprint density at radius 2 is 1.83 bits per heavy atom. The first kappa shape index (κ1) is 7.51. The van der Waals surface area contributed by atoms with E-state index in [-0.39, 0.29) is 5.46 Å². The fourth-order valence-corrected chi connectivity index (χ4v) is 1.56. The maximum Gasteiger partial charge on any atom is 0.495 e. The third kappa shape index (κ3) is 2.25. The first-order valence-electron chi connectivity index (χ1n) is 8.52. The average molecular weight is 258 g/mol. The summed E-state index contributed by atoms with van der Waals surface area (Å²) in [5.74, 6) is -2.07. The number of methoxy groups -OCH3 is 1. The molecule has 1 aliphatic heterocycles. The normalized spacial score (nSPS) is 26.6. The predicted molar refractivity (Wildman–Crippen MR) is 68.7 cm³/mol. The Labute approximate surface area is 116 Å². The van der Waals surface area contributed by atoms with E-state index < -0.39 is 55.1 Å². The minimum absolute atomic E-state index is 0.304. The van der Waals surface area contributed by atoms with Gasteiger partial charge in [0.05, 0.1) is 26.5 Å². The monoisotopic (exact) mass is 258 g/mol. The number of benzene rings is 1. The van der Waals surface area contributed by atoms with Crippen LogP contribution in [0.15, 0.2) is 18.1 Å². The van der Waals surface area contributed by atoms with Crippen molar-refractivity contribution in [2.45, 2.75) is 38.9 Å². The molecule has 1 saturated heterocycles. The molecule has 98 valence electrons. The molecule has 0 spiro atoms. The van der Waals surface area contributed by atoms with Crippen molar-refractivity contribution in [3.8, 4) is 5.75 Å². The van der Waals surface area contributed by atoms with Gasteiger partial charge in [-0.1, -0.05) is 0 Å². The van der Waals surface area contributed by atoms with Gasteiger partial charge in [0, 0.05) is 6.04 Å². The van der Waals surface area contributed by atoms with Gasteiger partial charge in [-0.2, -0.15) is 0 Å². The van der Waals surface area contributed by atoms with Crippen LogP contribution in [0.2, 0.25) is 0 Å². The van der Waals surface area contributed by atoms with Crippen molar-refractivity contribution in [3.63, 3.8) is 0 Å². The molecule has 1 fully saturated rings. The molecule has 0 aliphatic carbocycles. The van der Waals surface area contributed by atoms with Crippen molar-refractivity contribution in [1.82, 2.24) is 0 Å². The zero-order valence-corrected chi connectivity index (χ0v) is 10.7. The summed E-state index contributed by atoms with van der Waals surface area (Å²) in [5.41, 5.74) is -1.89. The molecule has 1 aromatic rings. The van der Waals surface area contributed by atoms with Crippen molar-refractivity contribution >= 4 is 12.6 Å². The van der Waals surface area contributed by atoms with Gasteiger partial charge < -0.3 is 14.0 Å². The molecule has 1 aromatic carbocycles. The third-order valence-corrected chi connectivity index (χ3v) is 3.31. The molecule has 3 nitrogen and oxygen atoms in total. The minimum Gasteiger partial charge on any atom is -0.497 e. The molecule has 0 N–H and O–H groups in total. The first-order chi connectivity index (χ1) is 10.7. The quantitative estimate of drug-likeness (QED) is 0.760. The van der Waals surface area contributed by atoms with E-state index in [4.69, 9.17) is 17.5 Å². The Bertz CT molecular complexity index is 661. The summed E-state index contributed by atoms with van der Waals surface area (Å²) < 4.78 is 75.1. The van der Waals surface area contributed by atoms with Gasteiger partial charge in [-0.15, -0.1) is 0 Å². The van der Waals surface area contributed by atoms with Crippen LogP contribution in [0.25, 0.3) is 0 Å². The number of hydrogen-bond donors (Lipinski definition) is 0. The number of rotatable bonds is 2. The van der Waals surface area contributed by atoms with Gasteiger partial charge in [0.2, 0.25) is 0 Å². The fourth-order valence-electron chi connectivity index (χ4n) is 1.56. The summed E-state index contributed by atoms with van der Waals surface area (Å²) in [6.45, 7) is 6.98. The molecule has 5 heteroatoms. The topological polar surface area (TPSA) is 27.7 Å². The minimum atomic E-state index is -2.96. The van der Waals surface area contributed by atoms with Gasteiger partial charge >= 0.3 is 7.12 Å². The highest BCUT2D eigenvalue weighted by molar-refractivity contribution is 6.62. The second-order valence-corrected chi connectivity index (χ2v) is 5.12. The van der Waals surface area contributed by atoms with Crippen LogP contribution in [0.4, 0.5) is 4.39 Å². The molecular formula is C13H18BFO3. The van der Waals surface area contributed by atoms with Crippen molar-refractivity contribution in [3.05, 3.63) is 23.9 Å². The Morgan fingerprint density at radius 1 is 1.22 bits per heavy atom. The molecule has 18 heavy (non-hydrogen) atoms. The van der Waals surface area contributed by atoms with Gasteiger partial charge in [-0.25, -0.2) is 4.39 Å². The molecule has 1 heterocycles. The van der Waals surface area contributed by atoms with Crippen LogP contribution in [0, 0.1) is 5.82 Å². The Morgan fingerprint density at radius 3 is 2.39 bits per heavy atom. The highest BCUT2D eigenvalue weighted by Gasteiger charge is 2.51. The Kier molecular flexibility index (Phi) is 1.77. The van der Waals surface area contributed by atoms with E-state index in [0.717, 1.165) is 0 Å². The summed E-state index contributed by atoms with van der Waals surface area (Å²) >= 11 is 0. The van der Waals surface area contributed by atoms with E-state index in [1.54, 1.807) is 27.7 Å². The summed E-state index contributed by atoms with van der Waals surface area (Å²) in [7, 11) is -4.21. The molecule has 2 rings (SSSR count). The molecule has 0 aromatic heterocycles. The van der Waals surface area contributed by atoms with E-state index in [1.165, 1.54) is 0 Å². The molecule has 0 saturated carbocycles. The number of ether oxygens (including phenoxy) is 1. The first-order valence-corrected chi connectivity index (χ1v) is 5.52. The van der Waals surface area contributed by atoms with Crippen molar-refractivity contribution < 1.29 is 26.7 Å². The van der Waals surface area contributed by atoms with E-state index in [0.29, 0.717) is 0 Å². The zero-order valence-electron chi connectivity index (χ0n) is 16.7. The largest absolute Gasteiger partial charge is 0.497 e. The van der Waals surface area contributed by atoms with Crippen molar-refractivity contribution in [1.29, 1.82) is 0 Å². The predicted octanol–water partition coefficient (Wildman–Crippen LogP) is 2.13. The molecular weight excluding hydrogens is 234 g/mol. The van der Waals surface area contributed by atoms with E-state index in [9.17, 15) is 4.39 Å². The van der Waals surface area contributed by atoms with Crippen LogP contribution in [0.3, 0.4) is 0 Å². The Hall–Kier alpha value is -1.07. The lowest BCUT2D eigenvalue weighted by atomic mass is 9.79. The molecule has 0 amide bonds. The highest BCUT2D eigenvalue weighted by atomic mass is 19.1. The fraction of sp³-hybridized carbons (Fsp3) is 0.538. The van der Waals surface area contributed by atoms with E-state index >= 15 is 0 Å². The number of halogens is 1. The number of hydrogen-bond acceptors (Lipinski definition) is 3. The van der Waals surface area contributed by atoms with Crippen LogP contribution in [0.5, 0.6) is 5.75 Å². The lowest BCUT2D eigenvalue weighted by Gasteiger charge is -2.32. The van der Waals surface area contributed by atoms with Crippen LogP contribution >= 0.6 is 0 Å². The maximum absolute atomic E-state index is 14.2. The summed E-state index contributed by atoms with van der Waals surface area (Å²) in [5, 5.41) is 0. The zero-order chi connectivity index (χ0) is 18.7. The van der Waals surface area contributed by atoms with Crippen LogP contribution in [0.1, 0.15) is 35.9 Å². The molecule has 0 radical (unpaired) electrons. The van der Waals surface area contributed by atoms with Gasteiger partial charge in [0.25, 0.3) is 0 Å². The average Bonchev–Trinajstić information content (AvgIpc) is 2.60. The lowest BCUT2D eigenvalue weighted by Crippen LogP contribution is -2.41. The molecule has 0 atom stereocenters. The van der Waals surface area contributed by atoms with Crippen molar-refractivity contribution in [2.24, 2.45) is 0 Å². The SMILES string of the molecule is [2H]c1c(F)c([2H])c(B2OC(C)(C)C(C)(C)O2)c([2H])c1OC([2H])([2H])[2H]. The van der Waals surface area contributed by atoms with E-state index in [1.807, 2.05) is 0 Å². The van der Waals surface area contributed by atoms with Gasteiger partial charge in [-0.05, 0) is 45.2 Å². The summed E-state index contributed by atoms with van der Waals surface area (Å²) in [4.78, 5) is 0. The second kappa shape index (κ2) is 4.25. The van der Waals surface area contributed by atoms with Crippen molar-refractivity contribution in [2.75, 3.05) is 7.04 Å². The lowest BCUT2D eigenvalue weighted by molar-refractivity contribution is 0.00578. The highest BCUT2D eigenvalue weighted by Crippen LogP contribution is 2.36. The second-order valence-electron chi connectivity index (χ2n) is 5.12. The van der Waals surface area contributed by atoms with Crippen LogP contribution < -0.4 is 10.2 Å². The summed E-state index contributed by atoms with van der Waals surface area (Å²) in [6.07, 6.45) is 0. The molecule has 0 unspecified atom stereocenters. The standard InChI is InChI=1S/C13H18BFO3/c1-12(2)13(3,4)18-14(17-12)9-6-10(15)8-11(7-9)16-5/h6-8H,1-5H3/i5D3,6D,7D,8D. The molecule has 0 bridgehead atoms. The van der Waals surface area contributed by atoms with Gasteiger partial charge in [0.1, 0.15) is 11.6 Å². The molecule has 1 aliphatic rings. The maximum atomic E-state index is 14.2. The van der Waals surface area contributed by atoms with Crippen LogP contribution in [-0.2, 0) is 9.31 Å². The summed E-state index contributed by atoms with van der Waals surface area (Å²) in [6, 6.07) is -2.32. The van der Waals surface area contributed by atoms with Crippen LogP contribution in [-0.4, -0.2) is 25.4 Å². The Balaban J connectivity index is 2.60. The van der Waals surface area contributed by atoms with E-state index in [2.05, 4.69) is 4.74 Å². The van der Waals surface area contributed by atoms with Gasteiger partial charge in [-0.3, -0.25) is 0 Å². The van der Waals surface area contributed by atoms with Gasteiger partial charge in [0.15, 0.2) is 0 Å². The smallest absolute Gasteiger partial charge is 0.495 e. The third-order valence-electron chi connectivity index (χ3n) is 3.31.